The van der Waals surface area contributed by atoms with Gasteiger partial charge in [-0.15, -0.1) is 0 Å². The van der Waals surface area contributed by atoms with Gasteiger partial charge >= 0.3 is 0 Å². The lowest BCUT2D eigenvalue weighted by Crippen LogP contribution is -2.43. The van der Waals surface area contributed by atoms with E-state index < -0.39 is 6.10 Å². The maximum absolute atomic E-state index is 9.98. The second-order valence-corrected chi connectivity index (χ2v) is 7.95. The van der Waals surface area contributed by atoms with Crippen LogP contribution in [0.5, 0.6) is 5.75 Å². The predicted octanol–water partition coefficient (Wildman–Crippen LogP) is 4.43. The molecule has 1 rings (SSSR count). The topological polar surface area (TPSA) is 29.5 Å². The van der Waals surface area contributed by atoms with E-state index in [0.717, 1.165) is 16.7 Å². The van der Waals surface area contributed by atoms with Crippen molar-refractivity contribution in [3.8, 4) is 5.75 Å². The average molecular weight is 337 g/mol. The predicted molar refractivity (Wildman–Crippen MR) is 103 cm³/mol. The first kappa shape index (κ1) is 21.0. The van der Waals surface area contributed by atoms with Gasteiger partial charge in [-0.3, -0.25) is 0 Å². The number of aliphatic hydroxyl groups excluding tert-OH is 1. The minimum absolute atomic E-state index is 0.354. The van der Waals surface area contributed by atoms with Gasteiger partial charge < -0.3 is 14.3 Å². The van der Waals surface area contributed by atoms with Crippen molar-refractivity contribution < 1.29 is 14.3 Å². The van der Waals surface area contributed by atoms with E-state index in [2.05, 4.69) is 40.2 Å². The van der Waals surface area contributed by atoms with Gasteiger partial charge in [0, 0.05) is 0 Å². The lowest BCUT2D eigenvalue weighted by atomic mass is 10.0. The third kappa shape index (κ3) is 10.7. The molecule has 0 aromatic heterocycles. The Morgan fingerprint density at radius 3 is 2.08 bits per heavy atom. The lowest BCUT2D eigenvalue weighted by Gasteiger charge is -2.26. The Balaban J connectivity index is 2.18. The van der Waals surface area contributed by atoms with Crippen LogP contribution in [0.25, 0.3) is 0 Å². The first-order chi connectivity index (χ1) is 11.4. The number of hydrogen-bond donors (Lipinski definition) is 1. The maximum Gasteiger partial charge on any atom is 0.137 e. The molecule has 0 heterocycles. The molecule has 24 heavy (non-hydrogen) atoms. The molecular formula is C21H38NO2+. The molecule has 0 aliphatic heterocycles. The summed E-state index contributed by atoms with van der Waals surface area (Å²) in [5.74, 6) is 0.846. The van der Waals surface area contributed by atoms with Gasteiger partial charge in [-0.1, -0.05) is 57.6 Å². The van der Waals surface area contributed by atoms with Gasteiger partial charge in [0.15, 0.2) is 0 Å². The number of aryl methyl sites for hydroxylation is 1. The summed E-state index contributed by atoms with van der Waals surface area (Å²) in [5.41, 5.74) is 1.38. The zero-order chi connectivity index (χ0) is 17.8. The third-order valence-corrected chi connectivity index (χ3v) is 4.19. The Bertz CT molecular complexity index is 422. The van der Waals surface area contributed by atoms with E-state index >= 15 is 0 Å². The van der Waals surface area contributed by atoms with E-state index in [1.807, 2.05) is 12.1 Å². The normalized spacial score (nSPS) is 13.0. The van der Waals surface area contributed by atoms with Crippen LogP contribution in [-0.2, 0) is 6.42 Å². The highest BCUT2D eigenvalue weighted by Crippen LogP contribution is 2.15. The lowest BCUT2D eigenvalue weighted by molar-refractivity contribution is -0.873. The molecule has 0 saturated carbocycles. The van der Waals surface area contributed by atoms with Crippen molar-refractivity contribution in [2.24, 2.45) is 0 Å². The fourth-order valence-corrected chi connectivity index (χ4v) is 2.92. The summed E-state index contributed by atoms with van der Waals surface area (Å²) >= 11 is 0. The number of unbranched alkanes of at least 4 members (excludes halogenated alkanes) is 6. The van der Waals surface area contributed by atoms with Crippen LogP contribution in [0.1, 0.15) is 57.4 Å². The van der Waals surface area contributed by atoms with E-state index in [4.69, 9.17) is 4.74 Å². The van der Waals surface area contributed by atoms with Gasteiger partial charge in [-0.2, -0.15) is 0 Å². The minimum atomic E-state index is -0.433. The van der Waals surface area contributed by atoms with Crippen molar-refractivity contribution in [2.45, 2.75) is 64.4 Å². The number of likely N-dealkylation sites (N-methyl/N-ethyl adjacent to an activating group) is 1. The monoisotopic (exact) mass is 336 g/mol. The number of rotatable bonds is 13. The van der Waals surface area contributed by atoms with Gasteiger partial charge in [0.1, 0.15) is 25.0 Å². The standard InChI is InChI=1S/C21H38NO2/c1-5-6-7-8-9-10-11-12-19-13-15-21(16-14-19)24-18-20(23)17-22(2,3)4/h13-16,20,23H,5-12,17-18H2,1-4H3/q+1. The number of ether oxygens (including phenoxy) is 1. The summed E-state index contributed by atoms with van der Waals surface area (Å²) in [5, 5.41) is 9.98. The molecule has 138 valence electrons. The molecule has 0 fully saturated rings. The fourth-order valence-electron chi connectivity index (χ4n) is 2.92. The van der Waals surface area contributed by atoms with Gasteiger partial charge in [0.25, 0.3) is 0 Å². The Hall–Kier alpha value is -1.06. The summed E-state index contributed by atoms with van der Waals surface area (Å²) in [6.45, 7) is 3.31. The van der Waals surface area contributed by atoms with Crippen molar-refractivity contribution in [1.29, 1.82) is 0 Å². The molecule has 1 unspecified atom stereocenters. The number of aliphatic hydroxyl groups is 1. The van der Waals surface area contributed by atoms with Crippen molar-refractivity contribution in [1.82, 2.24) is 0 Å². The summed E-state index contributed by atoms with van der Waals surface area (Å²) in [6.07, 6.45) is 10.2. The van der Waals surface area contributed by atoms with Gasteiger partial charge in [-0.25, -0.2) is 0 Å². The molecule has 0 amide bonds. The van der Waals surface area contributed by atoms with Gasteiger partial charge in [0.2, 0.25) is 0 Å². The van der Waals surface area contributed by atoms with Crippen LogP contribution >= 0.6 is 0 Å². The number of nitrogens with zero attached hydrogens (tertiary/aromatic N) is 1. The minimum Gasteiger partial charge on any atom is -0.491 e. The molecule has 1 atom stereocenters. The van der Waals surface area contributed by atoms with E-state index in [0.29, 0.717) is 13.2 Å². The van der Waals surface area contributed by atoms with Crippen LogP contribution in [-0.4, -0.2) is 50.0 Å². The number of hydrogen-bond acceptors (Lipinski definition) is 2. The molecule has 1 N–H and O–H groups in total. The molecule has 0 aliphatic rings. The quantitative estimate of drug-likeness (QED) is 0.427. The molecule has 3 heteroatoms. The summed E-state index contributed by atoms with van der Waals surface area (Å²) < 4.78 is 6.43. The number of benzene rings is 1. The van der Waals surface area contributed by atoms with Gasteiger partial charge in [-0.05, 0) is 30.5 Å². The van der Waals surface area contributed by atoms with Crippen LogP contribution in [0.3, 0.4) is 0 Å². The van der Waals surface area contributed by atoms with E-state index in [1.54, 1.807) is 0 Å². The highest BCUT2D eigenvalue weighted by molar-refractivity contribution is 5.27. The molecule has 3 nitrogen and oxygen atoms in total. The molecule has 0 aliphatic carbocycles. The van der Waals surface area contributed by atoms with Crippen LogP contribution in [0.15, 0.2) is 24.3 Å². The van der Waals surface area contributed by atoms with Crippen molar-refractivity contribution in [2.75, 3.05) is 34.3 Å². The Morgan fingerprint density at radius 2 is 1.50 bits per heavy atom. The fraction of sp³-hybridized carbons (Fsp3) is 0.714. The van der Waals surface area contributed by atoms with Crippen molar-refractivity contribution in [3.63, 3.8) is 0 Å². The van der Waals surface area contributed by atoms with Gasteiger partial charge in [0.05, 0.1) is 21.1 Å². The summed E-state index contributed by atoms with van der Waals surface area (Å²) in [6, 6.07) is 8.35. The van der Waals surface area contributed by atoms with Crippen molar-refractivity contribution in [3.05, 3.63) is 29.8 Å². The molecule has 0 spiro atoms. The van der Waals surface area contributed by atoms with E-state index in [-0.39, 0.29) is 0 Å². The van der Waals surface area contributed by atoms with Crippen LogP contribution in [0, 0.1) is 0 Å². The molecule has 0 saturated heterocycles. The maximum atomic E-state index is 9.98. The van der Waals surface area contributed by atoms with E-state index in [9.17, 15) is 5.11 Å². The molecular weight excluding hydrogens is 298 g/mol. The average Bonchev–Trinajstić information content (AvgIpc) is 2.51. The van der Waals surface area contributed by atoms with Crippen molar-refractivity contribution >= 4 is 0 Å². The van der Waals surface area contributed by atoms with Crippen LogP contribution in [0.4, 0.5) is 0 Å². The van der Waals surface area contributed by atoms with Crippen LogP contribution in [0.2, 0.25) is 0 Å². The first-order valence-electron chi connectivity index (χ1n) is 9.61. The smallest absolute Gasteiger partial charge is 0.137 e. The zero-order valence-corrected chi connectivity index (χ0v) is 16.3. The zero-order valence-electron chi connectivity index (χ0n) is 16.3. The van der Waals surface area contributed by atoms with Crippen LogP contribution < -0.4 is 4.74 Å². The summed E-state index contributed by atoms with van der Waals surface area (Å²) in [7, 11) is 6.21. The second-order valence-electron chi connectivity index (χ2n) is 7.95. The number of quaternary nitrogens is 1. The van der Waals surface area contributed by atoms with E-state index in [1.165, 1.54) is 50.5 Å². The summed E-state index contributed by atoms with van der Waals surface area (Å²) in [4.78, 5) is 0. The highest BCUT2D eigenvalue weighted by Gasteiger charge is 2.15. The Kier molecular flexibility index (Phi) is 10.0. The first-order valence-corrected chi connectivity index (χ1v) is 9.61. The second kappa shape index (κ2) is 11.5. The Labute approximate surface area is 149 Å². The SMILES string of the molecule is CCCCCCCCCc1ccc(OCC(O)C[N+](C)(C)C)cc1. The largest absolute Gasteiger partial charge is 0.491 e. The molecule has 0 bridgehead atoms. The highest BCUT2D eigenvalue weighted by atomic mass is 16.5. The molecule has 0 radical (unpaired) electrons. The molecule has 1 aromatic rings. The molecule has 1 aromatic carbocycles. The third-order valence-electron chi connectivity index (χ3n) is 4.19. The Morgan fingerprint density at radius 1 is 0.917 bits per heavy atom.